The minimum absolute atomic E-state index is 0.0293. The summed E-state index contributed by atoms with van der Waals surface area (Å²) in [5.74, 6) is -0.137. The summed E-state index contributed by atoms with van der Waals surface area (Å²) in [6.07, 6.45) is 4.30. The maximum atomic E-state index is 14.8. The first-order chi connectivity index (χ1) is 14.0. The van der Waals surface area contributed by atoms with Gasteiger partial charge in [0.15, 0.2) is 11.6 Å². The van der Waals surface area contributed by atoms with E-state index >= 15 is 0 Å². The van der Waals surface area contributed by atoms with Crippen LogP contribution in [0.15, 0.2) is 12.1 Å². The normalized spacial score (nSPS) is 20.4. The van der Waals surface area contributed by atoms with Gasteiger partial charge in [0.2, 0.25) is 5.91 Å². The third-order valence-electron chi connectivity index (χ3n) is 5.06. The maximum absolute atomic E-state index is 14.8. The highest BCUT2D eigenvalue weighted by Gasteiger charge is 2.25. The molecular formula is C21H29FN2O4S. The van der Waals surface area contributed by atoms with Crippen molar-refractivity contribution in [1.82, 2.24) is 10.3 Å². The van der Waals surface area contributed by atoms with E-state index in [1.165, 1.54) is 18.3 Å². The van der Waals surface area contributed by atoms with E-state index in [9.17, 15) is 9.18 Å². The van der Waals surface area contributed by atoms with E-state index < -0.39 is 0 Å². The minimum Gasteiger partial charge on any atom is -0.487 e. The van der Waals surface area contributed by atoms with Gasteiger partial charge in [-0.25, -0.2) is 9.37 Å². The van der Waals surface area contributed by atoms with Gasteiger partial charge in [-0.3, -0.25) is 4.79 Å². The van der Waals surface area contributed by atoms with Crippen LogP contribution >= 0.6 is 11.3 Å². The molecule has 0 bridgehead atoms. The van der Waals surface area contributed by atoms with Gasteiger partial charge in [-0.1, -0.05) is 18.3 Å². The molecule has 0 aliphatic heterocycles. The molecule has 1 aliphatic carbocycles. The minimum atomic E-state index is -0.370. The highest BCUT2D eigenvalue weighted by Crippen LogP contribution is 2.35. The molecule has 0 unspecified atom stereocenters. The van der Waals surface area contributed by atoms with Crippen LogP contribution in [0.3, 0.4) is 0 Å². The number of amides is 1. The van der Waals surface area contributed by atoms with Gasteiger partial charge in [0.1, 0.15) is 0 Å². The molecule has 29 heavy (non-hydrogen) atoms. The van der Waals surface area contributed by atoms with Crippen molar-refractivity contribution in [3.05, 3.63) is 17.9 Å². The SMILES string of the molecule is CCOc1nc2ccc(O[C@H]3CC[C@H](OC[C@H](CC)NC(C)=O)CC3)c(F)c2s1. The number of hydrogen-bond donors (Lipinski definition) is 1. The largest absolute Gasteiger partial charge is 0.487 e. The second kappa shape index (κ2) is 10.2. The van der Waals surface area contributed by atoms with Crippen molar-refractivity contribution in [1.29, 1.82) is 0 Å². The van der Waals surface area contributed by atoms with Crippen molar-refractivity contribution in [3.63, 3.8) is 0 Å². The van der Waals surface area contributed by atoms with Crippen LogP contribution in [0.1, 0.15) is 52.9 Å². The van der Waals surface area contributed by atoms with Crippen LogP contribution < -0.4 is 14.8 Å². The van der Waals surface area contributed by atoms with Crippen molar-refractivity contribution < 1.29 is 23.4 Å². The Bertz CT molecular complexity index is 820. The zero-order valence-electron chi connectivity index (χ0n) is 17.2. The van der Waals surface area contributed by atoms with E-state index in [4.69, 9.17) is 14.2 Å². The summed E-state index contributed by atoms with van der Waals surface area (Å²) in [6, 6.07) is 3.46. The number of aromatic nitrogens is 1. The molecule has 0 spiro atoms. The monoisotopic (exact) mass is 424 g/mol. The molecule has 1 saturated carbocycles. The smallest absolute Gasteiger partial charge is 0.274 e. The summed E-state index contributed by atoms with van der Waals surface area (Å²) >= 11 is 1.20. The highest BCUT2D eigenvalue weighted by atomic mass is 32.1. The highest BCUT2D eigenvalue weighted by molar-refractivity contribution is 7.20. The number of carbonyl (C=O) groups excluding carboxylic acids is 1. The van der Waals surface area contributed by atoms with Crippen LogP contribution in [-0.2, 0) is 9.53 Å². The Morgan fingerprint density at radius 3 is 2.66 bits per heavy atom. The van der Waals surface area contributed by atoms with Gasteiger partial charge >= 0.3 is 0 Å². The molecule has 160 valence electrons. The van der Waals surface area contributed by atoms with Crippen molar-refractivity contribution >= 4 is 27.5 Å². The first kappa shape index (κ1) is 21.8. The number of benzene rings is 1. The molecule has 8 heteroatoms. The number of thiazole rings is 1. The first-order valence-electron chi connectivity index (χ1n) is 10.3. The summed E-state index contributed by atoms with van der Waals surface area (Å²) in [6.45, 7) is 6.44. The van der Waals surface area contributed by atoms with Crippen LogP contribution in [0, 0.1) is 5.82 Å². The van der Waals surface area contributed by atoms with Crippen molar-refractivity contribution in [3.8, 4) is 10.9 Å². The fourth-order valence-corrected chi connectivity index (χ4v) is 4.40. The Morgan fingerprint density at radius 1 is 1.28 bits per heavy atom. The molecule has 2 aromatic rings. The average molecular weight is 425 g/mol. The maximum Gasteiger partial charge on any atom is 0.274 e. The Kier molecular flexibility index (Phi) is 7.66. The first-order valence-corrected chi connectivity index (χ1v) is 11.1. The molecule has 1 aromatic carbocycles. The molecule has 1 N–H and O–H groups in total. The van der Waals surface area contributed by atoms with E-state index in [2.05, 4.69) is 10.3 Å². The van der Waals surface area contributed by atoms with E-state index in [-0.39, 0.29) is 35.7 Å². The van der Waals surface area contributed by atoms with Gasteiger partial charge in [-0.15, -0.1) is 0 Å². The van der Waals surface area contributed by atoms with Gasteiger partial charge in [0.25, 0.3) is 5.19 Å². The third kappa shape index (κ3) is 5.79. The molecule has 1 aliphatic rings. The lowest BCUT2D eigenvalue weighted by Gasteiger charge is -2.30. The topological polar surface area (TPSA) is 69.7 Å². The van der Waals surface area contributed by atoms with Gasteiger partial charge in [-0.2, -0.15) is 0 Å². The van der Waals surface area contributed by atoms with Crippen LogP contribution in [0.5, 0.6) is 10.9 Å². The fourth-order valence-electron chi connectivity index (χ4n) is 3.50. The summed E-state index contributed by atoms with van der Waals surface area (Å²) in [7, 11) is 0. The number of halogens is 1. The molecule has 1 heterocycles. The fraction of sp³-hybridized carbons (Fsp3) is 0.619. The van der Waals surface area contributed by atoms with E-state index in [1.54, 1.807) is 12.1 Å². The molecule has 1 atom stereocenters. The molecule has 1 fully saturated rings. The Labute approximate surface area is 174 Å². The molecule has 3 rings (SSSR count). The number of carbonyl (C=O) groups is 1. The van der Waals surface area contributed by atoms with Crippen LogP contribution in [0.2, 0.25) is 0 Å². The van der Waals surface area contributed by atoms with Gasteiger partial charge in [0, 0.05) is 6.92 Å². The van der Waals surface area contributed by atoms with Gasteiger partial charge in [-0.05, 0) is 51.2 Å². The lowest BCUT2D eigenvalue weighted by Crippen LogP contribution is -2.38. The summed E-state index contributed by atoms with van der Waals surface area (Å²) in [5.41, 5.74) is 0.588. The van der Waals surface area contributed by atoms with Crippen molar-refractivity contribution in [2.75, 3.05) is 13.2 Å². The quantitative estimate of drug-likeness (QED) is 0.644. The number of rotatable bonds is 9. The molecule has 1 amide bonds. The zero-order valence-corrected chi connectivity index (χ0v) is 18.0. The Morgan fingerprint density at radius 2 is 2.00 bits per heavy atom. The molecule has 6 nitrogen and oxygen atoms in total. The number of ether oxygens (including phenoxy) is 3. The standard InChI is InChI=1S/C21H29FN2O4S/c1-4-14(23-13(3)25)12-27-15-6-8-16(9-7-15)28-18-11-10-17-20(19(18)22)29-21(24-17)26-5-2/h10-11,14-16H,4-9,12H2,1-3H3,(H,23,25)/t14-,15-,16-/m0/s1. The Hall–Kier alpha value is -1.93. The van der Waals surface area contributed by atoms with Crippen LogP contribution in [-0.4, -0.2) is 42.4 Å². The van der Waals surface area contributed by atoms with Gasteiger partial charge < -0.3 is 19.5 Å². The van der Waals surface area contributed by atoms with E-state index in [0.717, 1.165) is 32.1 Å². The van der Waals surface area contributed by atoms with Gasteiger partial charge in [0.05, 0.1) is 41.7 Å². The predicted octanol–water partition coefficient (Wildman–Crippen LogP) is 4.46. The lowest BCUT2D eigenvalue weighted by atomic mass is 9.95. The number of hydrogen-bond acceptors (Lipinski definition) is 6. The Balaban J connectivity index is 1.51. The summed E-state index contributed by atoms with van der Waals surface area (Å²) < 4.78 is 32.6. The molecule has 0 radical (unpaired) electrons. The molecule has 1 aromatic heterocycles. The second-order valence-electron chi connectivity index (χ2n) is 7.29. The van der Waals surface area contributed by atoms with Crippen LogP contribution in [0.4, 0.5) is 4.39 Å². The second-order valence-corrected chi connectivity index (χ2v) is 8.26. The average Bonchev–Trinajstić information content (AvgIpc) is 3.12. The number of fused-ring (bicyclic) bond motifs is 1. The molecular weight excluding hydrogens is 395 g/mol. The van der Waals surface area contributed by atoms with E-state index in [0.29, 0.717) is 28.6 Å². The van der Waals surface area contributed by atoms with E-state index in [1.807, 2.05) is 13.8 Å². The van der Waals surface area contributed by atoms with Crippen LogP contribution in [0.25, 0.3) is 10.2 Å². The summed E-state index contributed by atoms with van der Waals surface area (Å²) in [4.78, 5) is 15.5. The number of nitrogens with zero attached hydrogens (tertiary/aromatic N) is 1. The predicted molar refractivity (Wildman–Crippen MR) is 111 cm³/mol. The molecule has 0 saturated heterocycles. The lowest BCUT2D eigenvalue weighted by molar-refractivity contribution is -0.120. The number of nitrogens with one attached hydrogen (secondary N) is 1. The summed E-state index contributed by atoms with van der Waals surface area (Å²) in [5, 5.41) is 3.37. The zero-order chi connectivity index (χ0) is 20.8. The van der Waals surface area contributed by atoms with Crippen molar-refractivity contribution in [2.45, 2.75) is 71.1 Å². The third-order valence-corrected chi connectivity index (χ3v) is 6.03. The van der Waals surface area contributed by atoms with Crippen molar-refractivity contribution in [2.24, 2.45) is 0 Å².